The second-order valence-electron chi connectivity index (χ2n) is 6.50. The normalized spacial score (nSPS) is 22.3. The van der Waals surface area contributed by atoms with E-state index in [1.807, 2.05) is 13.8 Å². The van der Waals surface area contributed by atoms with Crippen molar-refractivity contribution in [1.82, 2.24) is 14.1 Å². The van der Waals surface area contributed by atoms with Crippen molar-refractivity contribution in [2.24, 2.45) is 5.41 Å². The van der Waals surface area contributed by atoms with Gasteiger partial charge >= 0.3 is 0 Å². The average Bonchev–Trinajstić information content (AvgIpc) is 2.78. The Morgan fingerprint density at radius 3 is 2.70 bits per heavy atom. The van der Waals surface area contributed by atoms with E-state index in [2.05, 4.69) is 17.3 Å². The van der Waals surface area contributed by atoms with Gasteiger partial charge in [0, 0.05) is 19.6 Å². The number of hydrogen-bond donors (Lipinski definition) is 0. The first-order valence-corrected chi connectivity index (χ1v) is 9.68. The van der Waals surface area contributed by atoms with Crippen LogP contribution in [0.25, 0.3) is 0 Å². The highest BCUT2D eigenvalue weighted by Gasteiger charge is 2.39. The number of hydrogen-bond acceptors (Lipinski definition) is 4. The van der Waals surface area contributed by atoms with Gasteiger partial charge in [0.25, 0.3) is 0 Å². The van der Waals surface area contributed by atoms with Gasteiger partial charge in [0.05, 0.1) is 25.1 Å². The fraction of sp³-hybridized carbons (Fsp3) is 0.688. The van der Waals surface area contributed by atoms with Gasteiger partial charge in [0.15, 0.2) is 0 Å². The number of nitrogens with zero attached hydrogens (tertiary/aromatic N) is 3. The molecule has 1 aromatic rings. The molecule has 2 aliphatic rings. The predicted molar refractivity (Wildman–Crippen MR) is 87.6 cm³/mol. The summed E-state index contributed by atoms with van der Waals surface area (Å²) in [5, 5.41) is 4.17. The van der Waals surface area contributed by atoms with E-state index in [1.54, 1.807) is 8.99 Å². The minimum absolute atomic E-state index is 0.0989. The summed E-state index contributed by atoms with van der Waals surface area (Å²) < 4.78 is 34.8. The van der Waals surface area contributed by atoms with Crippen LogP contribution in [0.4, 0.5) is 0 Å². The van der Waals surface area contributed by atoms with Crippen molar-refractivity contribution >= 4 is 10.0 Å². The Bertz CT molecular complexity index is 685. The van der Waals surface area contributed by atoms with Gasteiger partial charge in [0.1, 0.15) is 4.90 Å². The van der Waals surface area contributed by atoms with Crippen LogP contribution in [0.2, 0.25) is 0 Å². The van der Waals surface area contributed by atoms with E-state index in [0.29, 0.717) is 36.8 Å². The summed E-state index contributed by atoms with van der Waals surface area (Å²) >= 11 is 0. The Labute approximate surface area is 138 Å². The zero-order valence-corrected chi connectivity index (χ0v) is 14.7. The Morgan fingerprint density at radius 1 is 1.30 bits per heavy atom. The summed E-state index contributed by atoms with van der Waals surface area (Å²) in [5.41, 5.74) is 0.815. The number of piperidine rings is 1. The molecule has 1 saturated heterocycles. The fourth-order valence-corrected chi connectivity index (χ4v) is 5.09. The molecule has 0 unspecified atom stereocenters. The summed E-state index contributed by atoms with van der Waals surface area (Å²) in [6, 6.07) is 0. The molecule has 0 N–H and O–H groups in total. The zero-order valence-electron chi connectivity index (χ0n) is 13.9. The van der Waals surface area contributed by atoms with Gasteiger partial charge in [-0.25, -0.2) is 8.42 Å². The standard InChI is InChI=1S/C16H25N3O3S/c1-3-19-14(2)15(12-17-19)23(20,21)18-9-7-16(8-10-18)6-4-5-11-22-13-16/h4-5,12H,3,6-11,13H2,1-2H3. The topological polar surface area (TPSA) is 64.4 Å². The molecule has 1 fully saturated rings. The minimum atomic E-state index is -3.46. The van der Waals surface area contributed by atoms with Crippen molar-refractivity contribution in [3.05, 3.63) is 24.0 Å². The molecular weight excluding hydrogens is 314 g/mol. The van der Waals surface area contributed by atoms with Crippen LogP contribution in [0.3, 0.4) is 0 Å². The van der Waals surface area contributed by atoms with Crippen molar-refractivity contribution in [3.8, 4) is 0 Å². The van der Waals surface area contributed by atoms with Crippen molar-refractivity contribution in [2.45, 2.75) is 44.6 Å². The lowest BCUT2D eigenvalue weighted by Gasteiger charge is -2.40. The average molecular weight is 339 g/mol. The molecule has 23 heavy (non-hydrogen) atoms. The summed E-state index contributed by atoms with van der Waals surface area (Å²) in [6.45, 7) is 6.94. The van der Waals surface area contributed by atoms with Crippen molar-refractivity contribution in [1.29, 1.82) is 0 Å². The fourth-order valence-electron chi connectivity index (χ4n) is 3.49. The summed E-state index contributed by atoms with van der Waals surface area (Å²) in [7, 11) is -3.46. The number of ether oxygens (including phenoxy) is 1. The first kappa shape index (κ1) is 16.7. The van der Waals surface area contributed by atoms with Crippen LogP contribution < -0.4 is 0 Å². The van der Waals surface area contributed by atoms with Crippen LogP contribution in [0.5, 0.6) is 0 Å². The van der Waals surface area contributed by atoms with E-state index >= 15 is 0 Å². The van der Waals surface area contributed by atoms with E-state index in [0.717, 1.165) is 25.9 Å². The van der Waals surface area contributed by atoms with Gasteiger partial charge in [-0.1, -0.05) is 12.2 Å². The van der Waals surface area contributed by atoms with Crippen LogP contribution >= 0.6 is 0 Å². The van der Waals surface area contributed by atoms with Crippen LogP contribution in [0, 0.1) is 12.3 Å². The Morgan fingerprint density at radius 2 is 2.04 bits per heavy atom. The van der Waals surface area contributed by atoms with E-state index in [-0.39, 0.29) is 5.41 Å². The molecule has 0 saturated carbocycles. The molecule has 1 aromatic heterocycles. The second kappa shape index (κ2) is 6.37. The van der Waals surface area contributed by atoms with E-state index in [9.17, 15) is 8.42 Å². The molecule has 1 spiro atoms. The first-order valence-electron chi connectivity index (χ1n) is 8.24. The number of aromatic nitrogens is 2. The van der Waals surface area contributed by atoms with E-state index in [4.69, 9.17) is 4.74 Å². The van der Waals surface area contributed by atoms with Crippen LogP contribution in [0.1, 0.15) is 31.9 Å². The van der Waals surface area contributed by atoms with Crippen LogP contribution in [-0.2, 0) is 21.3 Å². The third-order valence-corrected chi connectivity index (χ3v) is 7.10. The molecule has 7 heteroatoms. The molecule has 0 aromatic carbocycles. The Balaban J connectivity index is 1.75. The number of rotatable bonds is 3. The first-order chi connectivity index (χ1) is 11.0. The molecule has 0 amide bonds. The summed E-state index contributed by atoms with van der Waals surface area (Å²) in [6.07, 6.45) is 8.38. The van der Waals surface area contributed by atoms with Gasteiger partial charge < -0.3 is 4.74 Å². The second-order valence-corrected chi connectivity index (χ2v) is 8.41. The molecular formula is C16H25N3O3S. The minimum Gasteiger partial charge on any atom is -0.377 e. The molecule has 6 nitrogen and oxygen atoms in total. The molecule has 0 bridgehead atoms. The molecule has 2 aliphatic heterocycles. The smallest absolute Gasteiger partial charge is 0.246 e. The Kier molecular flexibility index (Phi) is 4.62. The Hall–Kier alpha value is -1.18. The van der Waals surface area contributed by atoms with Gasteiger partial charge in [-0.2, -0.15) is 9.40 Å². The largest absolute Gasteiger partial charge is 0.377 e. The van der Waals surface area contributed by atoms with Crippen molar-refractivity contribution in [3.63, 3.8) is 0 Å². The monoisotopic (exact) mass is 339 g/mol. The van der Waals surface area contributed by atoms with Gasteiger partial charge in [-0.3, -0.25) is 4.68 Å². The van der Waals surface area contributed by atoms with Crippen LogP contribution in [-0.4, -0.2) is 48.8 Å². The number of aryl methyl sites for hydroxylation is 1. The maximum absolute atomic E-state index is 12.9. The lowest BCUT2D eigenvalue weighted by molar-refractivity contribution is 0.0323. The third kappa shape index (κ3) is 3.09. The van der Waals surface area contributed by atoms with Crippen molar-refractivity contribution in [2.75, 3.05) is 26.3 Å². The molecule has 0 atom stereocenters. The summed E-state index contributed by atoms with van der Waals surface area (Å²) in [4.78, 5) is 0.340. The predicted octanol–water partition coefficient (Wildman–Crippen LogP) is 1.96. The lowest BCUT2D eigenvalue weighted by Crippen LogP contribution is -2.44. The highest BCUT2D eigenvalue weighted by Crippen LogP contribution is 2.38. The van der Waals surface area contributed by atoms with Gasteiger partial charge in [-0.15, -0.1) is 0 Å². The lowest BCUT2D eigenvalue weighted by atomic mass is 9.77. The quantitative estimate of drug-likeness (QED) is 0.790. The van der Waals surface area contributed by atoms with Gasteiger partial charge in [-0.05, 0) is 38.5 Å². The SMILES string of the molecule is CCn1ncc(S(=O)(=O)N2CCC3(CC=CCOC3)CC2)c1C. The number of sulfonamides is 1. The molecule has 0 aliphatic carbocycles. The zero-order chi connectivity index (χ0) is 16.5. The van der Waals surface area contributed by atoms with Gasteiger partial charge in [0.2, 0.25) is 10.0 Å². The molecule has 128 valence electrons. The van der Waals surface area contributed by atoms with Crippen molar-refractivity contribution < 1.29 is 13.2 Å². The van der Waals surface area contributed by atoms with E-state index < -0.39 is 10.0 Å². The highest BCUT2D eigenvalue weighted by molar-refractivity contribution is 7.89. The molecule has 3 rings (SSSR count). The van der Waals surface area contributed by atoms with E-state index in [1.165, 1.54) is 6.20 Å². The molecule has 0 radical (unpaired) electrons. The number of allylic oxidation sites excluding steroid dienone is 1. The molecule has 3 heterocycles. The maximum atomic E-state index is 12.9. The highest BCUT2D eigenvalue weighted by atomic mass is 32.2. The maximum Gasteiger partial charge on any atom is 0.246 e. The van der Waals surface area contributed by atoms with Crippen LogP contribution in [0.15, 0.2) is 23.2 Å². The summed E-state index contributed by atoms with van der Waals surface area (Å²) in [5.74, 6) is 0. The third-order valence-electron chi connectivity index (χ3n) is 5.10.